The monoisotopic (exact) mass is 432 g/mol. The Morgan fingerprint density at radius 3 is 2.56 bits per heavy atom. The van der Waals surface area contributed by atoms with Gasteiger partial charge in [0.15, 0.2) is 16.8 Å². The summed E-state index contributed by atoms with van der Waals surface area (Å²) in [6, 6.07) is 13.9. The van der Waals surface area contributed by atoms with Crippen LogP contribution >= 0.6 is 0 Å². The third kappa shape index (κ3) is 3.29. The summed E-state index contributed by atoms with van der Waals surface area (Å²) < 4.78 is 15.9. The minimum Gasteiger partial charge on any atom is -0.497 e. The summed E-state index contributed by atoms with van der Waals surface area (Å²) in [6.07, 6.45) is -0.441. The molecule has 0 radical (unpaired) electrons. The zero-order valence-electron chi connectivity index (χ0n) is 17.7. The Kier molecular flexibility index (Phi) is 5.20. The Morgan fingerprint density at radius 2 is 1.94 bits per heavy atom. The maximum absolute atomic E-state index is 13.5. The molecule has 2 aromatic carbocycles. The van der Waals surface area contributed by atoms with Crippen molar-refractivity contribution >= 4 is 28.3 Å². The fraction of sp³-hybridized carbons (Fsp3) is 0.208. The van der Waals surface area contributed by atoms with Gasteiger partial charge >= 0.3 is 5.97 Å². The Labute approximate surface area is 183 Å². The predicted octanol–water partition coefficient (Wildman–Crippen LogP) is 3.22. The van der Waals surface area contributed by atoms with Gasteiger partial charge in [-0.25, -0.2) is 4.79 Å². The zero-order valence-corrected chi connectivity index (χ0v) is 17.7. The van der Waals surface area contributed by atoms with Crippen LogP contribution in [0.3, 0.4) is 0 Å². The van der Waals surface area contributed by atoms with Crippen LogP contribution in [-0.2, 0) is 15.1 Å². The second-order valence-electron chi connectivity index (χ2n) is 7.48. The molecule has 2 N–H and O–H groups in total. The van der Waals surface area contributed by atoms with Gasteiger partial charge in [-0.15, -0.1) is 0 Å². The van der Waals surface area contributed by atoms with E-state index < -0.39 is 23.4 Å². The summed E-state index contributed by atoms with van der Waals surface area (Å²) in [5.41, 5.74) is -1.29. The van der Waals surface area contributed by atoms with Gasteiger partial charge in [-0.3, -0.25) is 4.79 Å². The van der Waals surface area contributed by atoms with Crippen molar-refractivity contribution in [2.75, 3.05) is 19.5 Å². The lowest BCUT2D eigenvalue weighted by molar-refractivity contribution is -0.163. The smallest absolute Gasteiger partial charge is 0.343 e. The summed E-state index contributed by atoms with van der Waals surface area (Å²) in [5.74, 6) is -0.491. The van der Waals surface area contributed by atoms with Gasteiger partial charge in [0.25, 0.3) is 0 Å². The molecule has 1 heterocycles. The standard InChI is InChI=1S/C24H20N2O6/c1-13-4-9-18-17(10-13)21(27)19-22(32-18)20(26-15-5-7-16(30-2)8-6-15)14(12-25)11-24(19,29)23(28)31-3/h4-10,26,29H,11H2,1-3H3. The molecule has 1 aliphatic rings. The zero-order chi connectivity index (χ0) is 23.0. The number of nitrogens with one attached hydrogen (secondary N) is 1. The van der Waals surface area contributed by atoms with Crippen molar-refractivity contribution in [3.63, 3.8) is 0 Å². The highest BCUT2D eigenvalue weighted by atomic mass is 16.5. The van der Waals surface area contributed by atoms with Gasteiger partial charge in [-0.05, 0) is 43.3 Å². The SMILES string of the molecule is COC(=O)C1(O)CC(C#N)=C(Nc2ccc(OC)cc2)c2oc3ccc(C)cc3c(=O)c21. The number of nitrogens with zero attached hydrogens (tertiary/aromatic N) is 1. The lowest BCUT2D eigenvalue weighted by Crippen LogP contribution is -2.44. The highest BCUT2D eigenvalue weighted by Gasteiger charge is 2.49. The minimum absolute atomic E-state index is 0.0378. The lowest BCUT2D eigenvalue weighted by Gasteiger charge is -2.31. The molecule has 0 saturated heterocycles. The Bertz CT molecular complexity index is 1360. The fourth-order valence-electron chi connectivity index (χ4n) is 3.82. The summed E-state index contributed by atoms with van der Waals surface area (Å²) in [5, 5.41) is 24.4. The molecule has 0 aliphatic heterocycles. The Balaban J connectivity index is 2.01. The first-order valence-electron chi connectivity index (χ1n) is 9.75. The molecule has 0 fully saturated rings. The first-order chi connectivity index (χ1) is 15.3. The lowest BCUT2D eigenvalue weighted by atomic mass is 9.79. The molecule has 0 saturated carbocycles. The number of aliphatic hydroxyl groups is 1. The molecule has 8 nitrogen and oxygen atoms in total. The van der Waals surface area contributed by atoms with E-state index in [0.29, 0.717) is 11.4 Å². The van der Waals surface area contributed by atoms with E-state index in [4.69, 9.17) is 13.9 Å². The molecule has 3 aromatic rings. The third-order valence-electron chi connectivity index (χ3n) is 5.44. The molecule has 8 heteroatoms. The number of hydrogen-bond donors (Lipinski definition) is 2. The van der Waals surface area contributed by atoms with Crippen molar-refractivity contribution < 1.29 is 23.8 Å². The van der Waals surface area contributed by atoms with Crippen LogP contribution in [0.5, 0.6) is 5.75 Å². The molecule has 1 aromatic heterocycles. The third-order valence-corrected chi connectivity index (χ3v) is 5.44. The van der Waals surface area contributed by atoms with Crippen LogP contribution in [0.2, 0.25) is 0 Å². The summed E-state index contributed by atoms with van der Waals surface area (Å²) in [6.45, 7) is 1.81. The molecular weight excluding hydrogens is 412 g/mol. The quantitative estimate of drug-likeness (QED) is 0.603. The van der Waals surface area contributed by atoms with Crippen LogP contribution < -0.4 is 15.5 Å². The number of ether oxygens (including phenoxy) is 2. The molecule has 1 unspecified atom stereocenters. The summed E-state index contributed by atoms with van der Waals surface area (Å²) in [7, 11) is 2.65. The Morgan fingerprint density at radius 1 is 1.22 bits per heavy atom. The van der Waals surface area contributed by atoms with E-state index in [2.05, 4.69) is 5.32 Å². The normalized spacial score (nSPS) is 17.5. The molecule has 32 heavy (non-hydrogen) atoms. The van der Waals surface area contributed by atoms with Crippen molar-refractivity contribution in [1.29, 1.82) is 5.26 Å². The molecule has 1 atom stereocenters. The fourth-order valence-corrected chi connectivity index (χ4v) is 3.82. The average molecular weight is 432 g/mol. The van der Waals surface area contributed by atoms with Crippen LogP contribution in [0, 0.1) is 18.3 Å². The average Bonchev–Trinajstić information content (AvgIpc) is 2.80. The number of benzene rings is 2. The van der Waals surface area contributed by atoms with Crippen LogP contribution in [0.25, 0.3) is 16.7 Å². The number of carbonyl (C=O) groups is 1. The van der Waals surface area contributed by atoms with Crippen molar-refractivity contribution in [3.8, 4) is 11.8 Å². The first kappa shape index (κ1) is 21.2. The predicted molar refractivity (Wildman–Crippen MR) is 117 cm³/mol. The number of rotatable bonds is 4. The maximum Gasteiger partial charge on any atom is 0.343 e. The number of methoxy groups -OCH3 is 2. The number of hydrogen-bond acceptors (Lipinski definition) is 8. The van der Waals surface area contributed by atoms with E-state index >= 15 is 0 Å². The number of anilines is 1. The minimum atomic E-state index is -2.36. The molecule has 162 valence electrons. The van der Waals surface area contributed by atoms with Crippen LogP contribution in [0.1, 0.15) is 23.3 Å². The Hall–Kier alpha value is -4.09. The highest BCUT2D eigenvalue weighted by Crippen LogP contribution is 2.42. The van der Waals surface area contributed by atoms with Crippen LogP contribution in [0.15, 0.2) is 57.2 Å². The maximum atomic E-state index is 13.5. The largest absolute Gasteiger partial charge is 0.497 e. The van der Waals surface area contributed by atoms with Crippen molar-refractivity contribution in [2.24, 2.45) is 0 Å². The van der Waals surface area contributed by atoms with Gasteiger partial charge in [0.05, 0.1) is 42.5 Å². The molecule has 0 bridgehead atoms. The van der Waals surface area contributed by atoms with E-state index in [-0.39, 0.29) is 33.6 Å². The highest BCUT2D eigenvalue weighted by molar-refractivity contribution is 5.93. The first-order valence-corrected chi connectivity index (χ1v) is 9.75. The number of nitriles is 1. The van der Waals surface area contributed by atoms with Gasteiger partial charge < -0.3 is 24.3 Å². The molecule has 1 aliphatic carbocycles. The van der Waals surface area contributed by atoms with Crippen molar-refractivity contribution in [2.45, 2.75) is 18.9 Å². The molecule has 0 amide bonds. The van der Waals surface area contributed by atoms with Crippen molar-refractivity contribution in [1.82, 2.24) is 0 Å². The number of aryl methyl sites for hydroxylation is 1. The summed E-state index contributed by atoms with van der Waals surface area (Å²) in [4.78, 5) is 26.0. The van der Waals surface area contributed by atoms with Crippen LogP contribution in [-0.4, -0.2) is 25.3 Å². The number of carbonyl (C=O) groups excluding carboxylic acids is 1. The number of esters is 1. The molecule has 4 rings (SSSR count). The summed E-state index contributed by atoms with van der Waals surface area (Å²) >= 11 is 0. The van der Waals surface area contributed by atoms with Gasteiger partial charge in [-0.1, -0.05) is 11.6 Å². The second-order valence-corrected chi connectivity index (χ2v) is 7.48. The second kappa shape index (κ2) is 7.87. The van der Waals surface area contributed by atoms with Crippen LogP contribution in [0.4, 0.5) is 5.69 Å². The number of fused-ring (bicyclic) bond motifs is 2. The van der Waals surface area contributed by atoms with E-state index in [1.807, 2.05) is 13.0 Å². The van der Waals surface area contributed by atoms with Gasteiger partial charge in [-0.2, -0.15) is 5.26 Å². The van der Waals surface area contributed by atoms with Crippen molar-refractivity contribution in [3.05, 3.63) is 75.1 Å². The van der Waals surface area contributed by atoms with Gasteiger partial charge in [0.2, 0.25) is 0 Å². The topological polar surface area (TPSA) is 122 Å². The van der Waals surface area contributed by atoms with E-state index in [1.165, 1.54) is 0 Å². The van der Waals surface area contributed by atoms with E-state index in [0.717, 1.165) is 12.7 Å². The molecular formula is C24H20N2O6. The van der Waals surface area contributed by atoms with Gasteiger partial charge in [0, 0.05) is 12.1 Å². The van der Waals surface area contributed by atoms with Gasteiger partial charge in [0.1, 0.15) is 11.3 Å². The van der Waals surface area contributed by atoms with E-state index in [9.17, 15) is 20.0 Å². The molecule has 0 spiro atoms. The van der Waals surface area contributed by atoms with E-state index in [1.54, 1.807) is 49.6 Å².